The summed E-state index contributed by atoms with van der Waals surface area (Å²) in [5, 5.41) is 3.02. The Morgan fingerprint density at radius 3 is 2.67 bits per heavy atom. The van der Waals surface area contributed by atoms with Gasteiger partial charge in [-0.2, -0.15) is 16.5 Å². The van der Waals surface area contributed by atoms with Gasteiger partial charge in [0.05, 0.1) is 10.4 Å². The predicted octanol–water partition coefficient (Wildman–Crippen LogP) is 2.23. The van der Waals surface area contributed by atoms with Gasteiger partial charge in [0.25, 0.3) is 0 Å². The smallest absolute Gasteiger partial charge is 0.408 e. The number of nitrogens with one attached hydrogen (secondary N) is 2. The van der Waals surface area contributed by atoms with Crippen molar-refractivity contribution in [2.45, 2.75) is 56.0 Å². The Hall–Kier alpha value is -1.78. The molecule has 8 nitrogen and oxygen atoms in total. The molecule has 10 heteroatoms. The van der Waals surface area contributed by atoms with Gasteiger partial charge in [-0.05, 0) is 62.2 Å². The molecule has 0 saturated heterocycles. The van der Waals surface area contributed by atoms with Crippen molar-refractivity contribution in [3.63, 3.8) is 0 Å². The van der Waals surface area contributed by atoms with Crippen molar-refractivity contribution in [3.8, 4) is 0 Å². The second kappa shape index (κ2) is 9.57. The first kappa shape index (κ1) is 22.9. The molecule has 3 rings (SSSR count). The first-order valence-corrected chi connectivity index (χ1v) is 13.0. The lowest BCUT2D eigenvalue weighted by Gasteiger charge is -2.28. The standard InChI is InChI=1S/C20H29N3O5S2/c1-13-4-6-14(7-5-13)21-19(24)16(10-11-29-3)22-30(26,27)15-8-9-17-18(12-15)28-20(25)23(17)2/h8-9,12-14,16,22H,4-7,10-11H2,1-3H3,(H,21,24)/t13?,14?,16-/m1/s1. The van der Waals surface area contributed by atoms with E-state index < -0.39 is 21.8 Å². The highest BCUT2D eigenvalue weighted by Crippen LogP contribution is 2.24. The van der Waals surface area contributed by atoms with Gasteiger partial charge in [0, 0.05) is 19.2 Å². The Bertz CT molecular complexity index is 1050. The molecule has 2 N–H and O–H groups in total. The van der Waals surface area contributed by atoms with Gasteiger partial charge in [0.15, 0.2) is 5.58 Å². The van der Waals surface area contributed by atoms with Gasteiger partial charge in [0.2, 0.25) is 15.9 Å². The van der Waals surface area contributed by atoms with E-state index in [0.29, 0.717) is 23.6 Å². The van der Waals surface area contributed by atoms with Crippen LogP contribution in [0.2, 0.25) is 0 Å². The lowest BCUT2D eigenvalue weighted by Crippen LogP contribution is -2.50. The number of hydrogen-bond donors (Lipinski definition) is 2. The molecule has 0 unspecified atom stereocenters. The predicted molar refractivity (Wildman–Crippen MR) is 118 cm³/mol. The van der Waals surface area contributed by atoms with Gasteiger partial charge in [-0.3, -0.25) is 9.36 Å². The van der Waals surface area contributed by atoms with Crippen LogP contribution in [0.15, 0.2) is 32.3 Å². The molecule has 1 amide bonds. The normalized spacial score (nSPS) is 20.9. The number of carbonyl (C=O) groups excluding carboxylic acids is 1. The van der Waals surface area contributed by atoms with Crippen LogP contribution in [0, 0.1) is 5.92 Å². The number of benzene rings is 1. The van der Waals surface area contributed by atoms with Gasteiger partial charge >= 0.3 is 5.76 Å². The van der Waals surface area contributed by atoms with Crippen LogP contribution < -0.4 is 15.8 Å². The summed E-state index contributed by atoms with van der Waals surface area (Å²) in [5.41, 5.74) is 0.689. The van der Waals surface area contributed by atoms with Crippen LogP contribution in [-0.2, 0) is 21.9 Å². The van der Waals surface area contributed by atoms with E-state index in [1.807, 2.05) is 6.26 Å². The first-order chi connectivity index (χ1) is 14.2. The molecule has 1 fully saturated rings. The molecule has 0 bridgehead atoms. The number of fused-ring (bicyclic) bond motifs is 1. The summed E-state index contributed by atoms with van der Waals surface area (Å²) in [6.45, 7) is 2.21. The van der Waals surface area contributed by atoms with Gasteiger partial charge in [-0.25, -0.2) is 13.2 Å². The van der Waals surface area contributed by atoms with E-state index in [1.165, 1.54) is 22.8 Å². The van der Waals surface area contributed by atoms with Crippen molar-refractivity contribution in [2.24, 2.45) is 13.0 Å². The molecule has 1 aromatic carbocycles. The number of aryl methyl sites for hydroxylation is 1. The molecule has 0 aliphatic heterocycles. The lowest BCUT2D eigenvalue weighted by atomic mass is 9.87. The highest BCUT2D eigenvalue weighted by atomic mass is 32.2. The summed E-state index contributed by atoms with van der Waals surface area (Å²) in [4.78, 5) is 24.5. The van der Waals surface area contributed by atoms with Crippen molar-refractivity contribution in [2.75, 3.05) is 12.0 Å². The van der Waals surface area contributed by atoms with E-state index in [0.717, 1.165) is 25.7 Å². The van der Waals surface area contributed by atoms with E-state index in [4.69, 9.17) is 4.42 Å². The average molecular weight is 456 g/mol. The SMILES string of the molecule is CSCC[C@@H](NS(=O)(=O)c1ccc2c(c1)oc(=O)n2C)C(=O)NC1CCC(C)CC1. The number of rotatable bonds is 8. The lowest BCUT2D eigenvalue weighted by molar-refractivity contribution is -0.123. The molecule has 166 valence electrons. The van der Waals surface area contributed by atoms with Crippen LogP contribution in [0.25, 0.3) is 11.1 Å². The second-order valence-corrected chi connectivity index (χ2v) is 10.7. The summed E-state index contributed by atoms with van der Waals surface area (Å²) in [5.74, 6) is 0.456. The fourth-order valence-electron chi connectivity index (χ4n) is 3.72. The topological polar surface area (TPSA) is 110 Å². The third kappa shape index (κ3) is 5.28. The van der Waals surface area contributed by atoms with Crippen molar-refractivity contribution in [1.82, 2.24) is 14.6 Å². The molecule has 0 spiro atoms. The third-order valence-corrected chi connectivity index (χ3v) is 7.77. The van der Waals surface area contributed by atoms with Crippen LogP contribution >= 0.6 is 11.8 Å². The van der Waals surface area contributed by atoms with Crippen molar-refractivity contribution in [1.29, 1.82) is 0 Å². The van der Waals surface area contributed by atoms with Gasteiger partial charge in [-0.1, -0.05) is 6.92 Å². The van der Waals surface area contributed by atoms with Crippen molar-refractivity contribution in [3.05, 3.63) is 28.7 Å². The van der Waals surface area contributed by atoms with Crippen LogP contribution in [0.4, 0.5) is 0 Å². The largest absolute Gasteiger partial charge is 0.419 e. The van der Waals surface area contributed by atoms with Crippen molar-refractivity contribution >= 4 is 38.8 Å². The Kier molecular flexibility index (Phi) is 7.30. The maximum atomic E-state index is 13.0. The van der Waals surface area contributed by atoms with E-state index in [9.17, 15) is 18.0 Å². The van der Waals surface area contributed by atoms with Crippen LogP contribution in [0.3, 0.4) is 0 Å². The number of carbonyl (C=O) groups is 1. The summed E-state index contributed by atoms with van der Waals surface area (Å²) in [6.07, 6.45) is 6.26. The average Bonchev–Trinajstić information content (AvgIpc) is 3.00. The molecular formula is C20H29N3O5S2. The van der Waals surface area contributed by atoms with Gasteiger partial charge in [0.1, 0.15) is 6.04 Å². The Labute approximate surface area is 180 Å². The van der Waals surface area contributed by atoms with Crippen molar-refractivity contribution < 1.29 is 17.6 Å². The second-order valence-electron chi connectivity index (χ2n) is 7.98. The number of thioether (sulfide) groups is 1. The number of sulfonamides is 1. The maximum absolute atomic E-state index is 13.0. The third-order valence-electron chi connectivity index (χ3n) is 5.66. The Morgan fingerprint density at radius 1 is 1.30 bits per heavy atom. The van der Waals surface area contributed by atoms with E-state index >= 15 is 0 Å². The number of hydrogen-bond acceptors (Lipinski definition) is 6. The molecule has 1 aromatic heterocycles. The number of nitrogens with zero attached hydrogens (tertiary/aromatic N) is 1. The Balaban J connectivity index is 1.77. The zero-order valence-electron chi connectivity index (χ0n) is 17.5. The quantitative estimate of drug-likeness (QED) is 0.632. The molecule has 30 heavy (non-hydrogen) atoms. The monoisotopic (exact) mass is 455 g/mol. The highest BCUT2D eigenvalue weighted by molar-refractivity contribution is 7.98. The maximum Gasteiger partial charge on any atom is 0.419 e. The molecule has 2 aromatic rings. The van der Waals surface area contributed by atoms with Gasteiger partial charge in [-0.15, -0.1) is 0 Å². The summed E-state index contributed by atoms with van der Waals surface area (Å²) in [7, 11) is -2.42. The molecule has 1 aliphatic carbocycles. The Morgan fingerprint density at radius 2 is 2.00 bits per heavy atom. The molecule has 1 aliphatic rings. The molecule has 1 saturated carbocycles. The van der Waals surface area contributed by atoms with E-state index in [1.54, 1.807) is 18.8 Å². The first-order valence-electron chi connectivity index (χ1n) is 10.1. The van der Waals surface area contributed by atoms with Crippen LogP contribution in [0.5, 0.6) is 0 Å². The fourth-order valence-corrected chi connectivity index (χ4v) is 5.44. The minimum atomic E-state index is -3.97. The molecule has 1 heterocycles. The summed E-state index contributed by atoms with van der Waals surface area (Å²) >= 11 is 1.55. The zero-order valence-corrected chi connectivity index (χ0v) is 19.1. The molecular weight excluding hydrogens is 426 g/mol. The molecule has 0 radical (unpaired) electrons. The van der Waals surface area contributed by atoms with Crippen LogP contribution in [0.1, 0.15) is 39.0 Å². The number of oxazole rings is 1. The zero-order chi connectivity index (χ0) is 21.9. The summed E-state index contributed by atoms with van der Waals surface area (Å²) in [6, 6.07) is 3.47. The molecule has 1 atom stereocenters. The minimum absolute atomic E-state index is 0.0437. The summed E-state index contributed by atoms with van der Waals surface area (Å²) < 4.78 is 34.9. The fraction of sp³-hybridized carbons (Fsp3) is 0.600. The van der Waals surface area contributed by atoms with E-state index in [2.05, 4.69) is 17.0 Å². The van der Waals surface area contributed by atoms with Gasteiger partial charge < -0.3 is 9.73 Å². The number of amides is 1. The van der Waals surface area contributed by atoms with E-state index in [-0.39, 0.29) is 22.4 Å². The number of aromatic nitrogens is 1. The highest BCUT2D eigenvalue weighted by Gasteiger charge is 2.28. The van der Waals surface area contributed by atoms with Crippen LogP contribution in [-0.4, -0.2) is 43.0 Å². The minimum Gasteiger partial charge on any atom is -0.408 e.